The van der Waals surface area contributed by atoms with Gasteiger partial charge in [0.25, 0.3) is 5.56 Å². The van der Waals surface area contributed by atoms with Crippen LogP contribution in [0.15, 0.2) is 58.5 Å². The van der Waals surface area contributed by atoms with Gasteiger partial charge in [0.2, 0.25) is 11.8 Å². The predicted octanol–water partition coefficient (Wildman–Crippen LogP) is 3.61. The number of H-pyrrole nitrogens is 1. The van der Waals surface area contributed by atoms with Crippen molar-refractivity contribution < 1.29 is 9.59 Å². The first-order valence-electron chi connectivity index (χ1n) is 9.77. The average molecular weight is 438 g/mol. The molecule has 0 aliphatic heterocycles. The quantitative estimate of drug-likeness (QED) is 0.486. The molecule has 31 heavy (non-hydrogen) atoms. The molecule has 0 aliphatic rings. The fourth-order valence-corrected chi connectivity index (χ4v) is 3.43. The van der Waals surface area contributed by atoms with Gasteiger partial charge in [-0.1, -0.05) is 54.6 Å². The fourth-order valence-electron chi connectivity index (χ4n) is 2.69. The van der Waals surface area contributed by atoms with Crippen molar-refractivity contribution in [3.63, 3.8) is 0 Å². The number of para-hydroxylation sites is 1. The number of amides is 2. The molecule has 1 aromatic heterocycles. The zero-order chi connectivity index (χ0) is 22.4. The largest absolute Gasteiger partial charge is 0.325 e. The number of aryl methyl sites for hydroxylation is 1. The number of hydrogen-bond donors (Lipinski definition) is 3. The van der Waals surface area contributed by atoms with E-state index in [1.807, 2.05) is 31.2 Å². The molecule has 0 aliphatic carbocycles. The Morgan fingerprint density at radius 3 is 2.45 bits per heavy atom. The zero-order valence-electron chi connectivity index (χ0n) is 17.4. The molecule has 1 heterocycles. The minimum Gasteiger partial charge on any atom is -0.325 e. The lowest BCUT2D eigenvalue weighted by Crippen LogP contribution is -2.23. The summed E-state index contributed by atoms with van der Waals surface area (Å²) >= 11 is 1.10. The Balaban J connectivity index is 1.74. The molecule has 0 spiro atoms. The first-order chi connectivity index (χ1) is 14.9. The number of nitrogens with one attached hydrogen (secondary N) is 3. The Labute approximate surface area is 183 Å². The maximum atomic E-state index is 12.6. The Morgan fingerprint density at radius 1 is 1.06 bits per heavy atom. The Morgan fingerprint density at radius 2 is 1.77 bits per heavy atom. The number of carbonyl (C=O) groups excluding carboxylic acids is 2. The lowest BCUT2D eigenvalue weighted by Gasteiger charge is -2.12. The lowest BCUT2D eigenvalue weighted by atomic mass is 10.1. The van der Waals surface area contributed by atoms with Crippen LogP contribution in [0.2, 0.25) is 0 Å². The van der Waals surface area contributed by atoms with E-state index >= 15 is 0 Å². The van der Waals surface area contributed by atoms with E-state index in [1.165, 1.54) is 0 Å². The number of thioether (sulfide) groups is 1. The molecular formula is C22H23N5O3S. The molecule has 2 aromatic carbocycles. The molecule has 0 bridgehead atoms. The fraction of sp³-hybridized carbons (Fsp3) is 0.227. The van der Waals surface area contributed by atoms with Crippen LogP contribution >= 0.6 is 11.8 Å². The van der Waals surface area contributed by atoms with E-state index in [4.69, 9.17) is 0 Å². The summed E-state index contributed by atoms with van der Waals surface area (Å²) in [5.41, 5.74) is 2.39. The molecule has 3 rings (SSSR count). The summed E-state index contributed by atoms with van der Waals surface area (Å²) in [6.07, 6.45) is 0.314. The van der Waals surface area contributed by atoms with Gasteiger partial charge in [-0.2, -0.15) is 0 Å². The van der Waals surface area contributed by atoms with Crippen LogP contribution in [-0.2, 0) is 9.59 Å². The smallest absolute Gasteiger partial charge is 0.278 e. The minimum absolute atomic E-state index is 0.0908. The molecule has 0 saturated carbocycles. The molecule has 0 radical (unpaired) electrons. The molecule has 3 N–H and O–H groups in total. The van der Waals surface area contributed by atoms with Gasteiger partial charge in [-0.05, 0) is 32.0 Å². The number of rotatable bonds is 7. The van der Waals surface area contributed by atoms with Crippen molar-refractivity contribution in [2.24, 2.45) is 0 Å². The number of aromatic amines is 1. The van der Waals surface area contributed by atoms with Gasteiger partial charge in [0.1, 0.15) is 0 Å². The molecule has 0 saturated heterocycles. The average Bonchev–Trinajstić information content (AvgIpc) is 2.76. The van der Waals surface area contributed by atoms with E-state index in [1.54, 1.807) is 38.1 Å². The van der Waals surface area contributed by atoms with Crippen molar-refractivity contribution in [1.29, 1.82) is 0 Å². The van der Waals surface area contributed by atoms with Gasteiger partial charge in [0.05, 0.1) is 10.9 Å². The Kier molecular flexibility index (Phi) is 7.19. The topological polar surface area (TPSA) is 117 Å². The number of benzene rings is 2. The second-order valence-electron chi connectivity index (χ2n) is 6.87. The van der Waals surface area contributed by atoms with Gasteiger partial charge in [-0.3, -0.25) is 19.4 Å². The van der Waals surface area contributed by atoms with Crippen molar-refractivity contribution in [3.8, 4) is 11.3 Å². The van der Waals surface area contributed by atoms with Crippen LogP contribution in [-0.4, -0.2) is 32.2 Å². The number of anilines is 2. The van der Waals surface area contributed by atoms with Crippen LogP contribution in [0, 0.1) is 6.92 Å². The third kappa shape index (κ3) is 5.79. The number of hydrogen-bond acceptors (Lipinski definition) is 6. The zero-order valence-corrected chi connectivity index (χ0v) is 18.2. The highest BCUT2D eigenvalue weighted by Gasteiger charge is 2.18. The van der Waals surface area contributed by atoms with E-state index in [2.05, 4.69) is 25.8 Å². The van der Waals surface area contributed by atoms with Crippen LogP contribution in [0.3, 0.4) is 0 Å². The van der Waals surface area contributed by atoms with E-state index in [9.17, 15) is 14.4 Å². The summed E-state index contributed by atoms with van der Waals surface area (Å²) in [7, 11) is 0. The second kappa shape index (κ2) is 10.0. The molecule has 3 aromatic rings. The maximum Gasteiger partial charge on any atom is 0.278 e. The molecule has 1 atom stereocenters. The summed E-state index contributed by atoms with van der Waals surface area (Å²) in [5, 5.41) is 13.4. The summed E-state index contributed by atoms with van der Waals surface area (Å²) < 4.78 is 0. The van der Waals surface area contributed by atoms with E-state index in [0.717, 1.165) is 17.3 Å². The Bertz CT molecular complexity index is 1140. The van der Waals surface area contributed by atoms with Crippen LogP contribution < -0.4 is 16.2 Å². The lowest BCUT2D eigenvalue weighted by molar-refractivity contribution is -0.116. The highest BCUT2D eigenvalue weighted by molar-refractivity contribution is 8.00. The van der Waals surface area contributed by atoms with Gasteiger partial charge >= 0.3 is 0 Å². The van der Waals surface area contributed by atoms with E-state index in [0.29, 0.717) is 23.4 Å². The summed E-state index contributed by atoms with van der Waals surface area (Å²) in [6, 6.07) is 14.4. The SMILES string of the molecule is CCC(=O)Nc1ccccc1-c1nnc(SC(C)C(=O)Nc2ccc(C)cc2)[nH]c1=O. The molecule has 160 valence electrons. The second-order valence-corrected chi connectivity index (χ2v) is 8.20. The van der Waals surface area contributed by atoms with Crippen molar-refractivity contribution in [2.45, 2.75) is 37.6 Å². The summed E-state index contributed by atoms with van der Waals surface area (Å²) in [6.45, 7) is 5.43. The molecule has 0 fully saturated rings. The number of aromatic nitrogens is 3. The van der Waals surface area contributed by atoms with Crippen LogP contribution in [0.1, 0.15) is 25.8 Å². The summed E-state index contributed by atoms with van der Waals surface area (Å²) in [4.78, 5) is 39.5. The monoisotopic (exact) mass is 437 g/mol. The highest BCUT2D eigenvalue weighted by atomic mass is 32.2. The molecule has 1 unspecified atom stereocenters. The van der Waals surface area contributed by atoms with Crippen molar-refractivity contribution in [3.05, 3.63) is 64.4 Å². The van der Waals surface area contributed by atoms with Gasteiger partial charge in [0, 0.05) is 17.7 Å². The molecule has 9 heteroatoms. The van der Waals surface area contributed by atoms with Gasteiger partial charge < -0.3 is 10.6 Å². The number of carbonyl (C=O) groups is 2. The predicted molar refractivity (Wildman–Crippen MR) is 122 cm³/mol. The third-order valence-electron chi connectivity index (χ3n) is 4.43. The molecule has 2 amide bonds. The van der Waals surface area contributed by atoms with Crippen molar-refractivity contribution >= 4 is 35.0 Å². The van der Waals surface area contributed by atoms with E-state index < -0.39 is 10.8 Å². The minimum atomic E-state index is -0.506. The van der Waals surface area contributed by atoms with Crippen LogP contribution in [0.4, 0.5) is 11.4 Å². The van der Waals surface area contributed by atoms with Crippen LogP contribution in [0.5, 0.6) is 0 Å². The maximum absolute atomic E-state index is 12.6. The highest BCUT2D eigenvalue weighted by Crippen LogP contribution is 2.25. The van der Waals surface area contributed by atoms with E-state index in [-0.39, 0.29) is 22.7 Å². The van der Waals surface area contributed by atoms with Crippen LogP contribution in [0.25, 0.3) is 11.3 Å². The normalized spacial score (nSPS) is 11.6. The number of nitrogens with zero attached hydrogens (tertiary/aromatic N) is 2. The van der Waals surface area contributed by atoms with Crippen molar-refractivity contribution in [1.82, 2.24) is 15.2 Å². The molecular weight excluding hydrogens is 414 g/mol. The van der Waals surface area contributed by atoms with Gasteiger partial charge in [0.15, 0.2) is 10.9 Å². The van der Waals surface area contributed by atoms with Crippen molar-refractivity contribution in [2.75, 3.05) is 10.6 Å². The molecule has 8 nitrogen and oxygen atoms in total. The standard InChI is InChI=1S/C22H23N5O3S/c1-4-18(28)24-17-8-6-5-7-16(17)19-21(30)25-22(27-26-19)31-14(3)20(29)23-15-11-9-13(2)10-12-15/h5-12,14H,4H2,1-3H3,(H,23,29)(H,24,28)(H,25,27,30). The van der Waals surface area contributed by atoms with Gasteiger partial charge in [-0.15, -0.1) is 10.2 Å². The van der Waals surface area contributed by atoms with Gasteiger partial charge in [-0.25, -0.2) is 0 Å². The Hall–Kier alpha value is -3.46. The third-order valence-corrected chi connectivity index (χ3v) is 5.41. The first kappa shape index (κ1) is 22.2. The first-order valence-corrected chi connectivity index (χ1v) is 10.7. The summed E-state index contributed by atoms with van der Waals surface area (Å²) in [5.74, 6) is -0.384.